The number of hydrogen-bond acceptors (Lipinski definition) is 3. The lowest BCUT2D eigenvalue weighted by molar-refractivity contribution is -0.114. The number of carbonyl (C=O) groups is 1. The molecule has 0 unspecified atom stereocenters. The van der Waals surface area contributed by atoms with Gasteiger partial charge in [-0.3, -0.25) is 4.79 Å². The van der Waals surface area contributed by atoms with Crippen molar-refractivity contribution in [2.45, 2.75) is 19.3 Å². The summed E-state index contributed by atoms with van der Waals surface area (Å²) in [4.78, 5) is 19.0. The van der Waals surface area contributed by atoms with Gasteiger partial charge in [-0.1, -0.05) is 0 Å². The van der Waals surface area contributed by atoms with Crippen molar-refractivity contribution < 1.29 is 4.79 Å². The molecule has 5 nitrogen and oxygen atoms in total. The fourth-order valence-electron chi connectivity index (χ4n) is 3.49. The quantitative estimate of drug-likeness (QED) is 0.598. The van der Waals surface area contributed by atoms with Gasteiger partial charge in [0.15, 0.2) is 5.78 Å². The molecule has 2 fully saturated rings. The summed E-state index contributed by atoms with van der Waals surface area (Å²) < 4.78 is 0. The van der Waals surface area contributed by atoms with E-state index in [1.165, 1.54) is 11.4 Å². The molecule has 3 aliphatic rings. The van der Waals surface area contributed by atoms with Gasteiger partial charge in [0.1, 0.15) is 0 Å². The largest absolute Gasteiger partial charge is 0.362 e. The summed E-state index contributed by atoms with van der Waals surface area (Å²) in [6.07, 6.45) is 10.6. The van der Waals surface area contributed by atoms with Crippen LogP contribution in [0.15, 0.2) is 47.1 Å². The molecule has 2 aromatic heterocycles. The SMILES string of the molecule is O=C1CC2=Cc3ccc([nH]3)C=C3CCC(=Cc4ccc([nH]4)C=C1N2)N3. The second-order valence-electron chi connectivity index (χ2n) is 6.65. The summed E-state index contributed by atoms with van der Waals surface area (Å²) in [5.41, 5.74) is 7.96. The van der Waals surface area contributed by atoms with Crippen molar-refractivity contribution in [1.29, 1.82) is 0 Å². The summed E-state index contributed by atoms with van der Waals surface area (Å²) in [5, 5.41) is 6.73. The minimum absolute atomic E-state index is 0.111. The highest BCUT2D eigenvalue weighted by Gasteiger charge is 2.21. The highest BCUT2D eigenvalue weighted by atomic mass is 16.1. The Morgan fingerprint density at radius 3 is 1.76 bits per heavy atom. The smallest absolute Gasteiger partial charge is 0.184 e. The summed E-state index contributed by atoms with van der Waals surface area (Å²) in [6.45, 7) is 0. The molecule has 124 valence electrons. The van der Waals surface area contributed by atoms with Crippen molar-refractivity contribution >= 4 is 30.1 Å². The molecule has 0 aliphatic carbocycles. The van der Waals surface area contributed by atoms with Crippen LogP contribution in [0.3, 0.4) is 0 Å². The van der Waals surface area contributed by atoms with E-state index in [0.717, 1.165) is 41.3 Å². The topological polar surface area (TPSA) is 72.7 Å². The third-order valence-electron chi connectivity index (χ3n) is 4.68. The molecule has 2 saturated heterocycles. The Morgan fingerprint density at radius 2 is 1.16 bits per heavy atom. The van der Waals surface area contributed by atoms with Gasteiger partial charge in [-0.15, -0.1) is 0 Å². The maximum Gasteiger partial charge on any atom is 0.184 e. The van der Waals surface area contributed by atoms with E-state index in [1.54, 1.807) is 0 Å². The van der Waals surface area contributed by atoms with Crippen molar-refractivity contribution in [3.63, 3.8) is 0 Å². The molecular formula is C20H18N4O. The van der Waals surface area contributed by atoms with Gasteiger partial charge < -0.3 is 20.6 Å². The molecule has 0 radical (unpaired) electrons. The van der Waals surface area contributed by atoms with Gasteiger partial charge in [-0.05, 0) is 61.4 Å². The number of aromatic amines is 2. The third kappa shape index (κ3) is 2.74. The molecule has 2 aromatic rings. The van der Waals surface area contributed by atoms with Crippen LogP contribution in [0, 0.1) is 0 Å². The van der Waals surface area contributed by atoms with Crippen LogP contribution in [0.5, 0.6) is 0 Å². The molecule has 8 bridgehead atoms. The molecule has 5 rings (SSSR count). The third-order valence-corrected chi connectivity index (χ3v) is 4.68. The van der Waals surface area contributed by atoms with Gasteiger partial charge in [0.05, 0.1) is 12.1 Å². The summed E-state index contributed by atoms with van der Waals surface area (Å²) in [6, 6.07) is 8.13. The minimum atomic E-state index is 0.111. The van der Waals surface area contributed by atoms with E-state index in [2.05, 4.69) is 38.8 Å². The molecule has 4 N–H and O–H groups in total. The normalized spacial score (nSPS) is 18.8. The molecule has 0 amide bonds. The number of nitrogens with one attached hydrogen (secondary N) is 4. The highest BCUT2D eigenvalue weighted by molar-refractivity contribution is 6.03. The van der Waals surface area contributed by atoms with Crippen molar-refractivity contribution in [1.82, 2.24) is 20.6 Å². The minimum Gasteiger partial charge on any atom is -0.362 e. The van der Waals surface area contributed by atoms with Crippen LogP contribution in [0.25, 0.3) is 24.3 Å². The number of ketones is 1. The second-order valence-corrected chi connectivity index (χ2v) is 6.65. The molecule has 5 heteroatoms. The first-order valence-electron chi connectivity index (χ1n) is 8.50. The summed E-state index contributed by atoms with van der Waals surface area (Å²) >= 11 is 0. The average molecular weight is 330 g/mol. The van der Waals surface area contributed by atoms with Crippen LogP contribution in [0.1, 0.15) is 42.0 Å². The number of fused-ring (bicyclic) bond motifs is 8. The lowest BCUT2D eigenvalue weighted by Crippen LogP contribution is -2.05. The van der Waals surface area contributed by atoms with Gasteiger partial charge in [0.2, 0.25) is 0 Å². The first kappa shape index (κ1) is 14.2. The van der Waals surface area contributed by atoms with Crippen molar-refractivity contribution in [3.8, 4) is 0 Å². The molecule has 5 heterocycles. The van der Waals surface area contributed by atoms with Crippen LogP contribution in [-0.2, 0) is 4.79 Å². The summed E-state index contributed by atoms with van der Waals surface area (Å²) in [5.74, 6) is 0.111. The number of hydrogen-bond donors (Lipinski definition) is 4. The number of Topliss-reactive ketones (excluding diaryl/α,β-unsaturated/α-hetero) is 1. The number of aromatic nitrogens is 2. The van der Waals surface area contributed by atoms with Crippen molar-refractivity contribution in [3.05, 3.63) is 69.8 Å². The van der Waals surface area contributed by atoms with Gasteiger partial charge in [-0.25, -0.2) is 0 Å². The average Bonchev–Trinajstić information content (AvgIpc) is 3.33. The fraction of sp³-hybridized carbons (Fsp3) is 0.150. The summed E-state index contributed by atoms with van der Waals surface area (Å²) in [7, 11) is 0. The van der Waals surface area contributed by atoms with E-state index in [1.807, 2.05) is 30.4 Å². The van der Waals surface area contributed by atoms with E-state index in [9.17, 15) is 4.79 Å². The monoisotopic (exact) mass is 330 g/mol. The standard InChI is InChI=1S/C20H18N4O/c25-20-11-18-9-16-4-3-14(22-16)7-12-1-2-13(21-12)8-15-5-6-17(23-15)10-19(20)24-18/h3-10,21-24H,1-2,11H2. The number of H-pyrrole nitrogens is 2. The van der Waals surface area contributed by atoms with Crippen LogP contribution in [-0.4, -0.2) is 15.8 Å². The predicted molar refractivity (Wildman–Crippen MR) is 98.6 cm³/mol. The van der Waals surface area contributed by atoms with Gasteiger partial charge >= 0.3 is 0 Å². The number of carbonyl (C=O) groups excluding carboxylic acids is 1. The lowest BCUT2D eigenvalue weighted by Gasteiger charge is -2.01. The van der Waals surface area contributed by atoms with Gasteiger partial charge in [-0.2, -0.15) is 0 Å². The zero-order valence-corrected chi connectivity index (χ0v) is 13.6. The molecular weight excluding hydrogens is 312 g/mol. The Hall–Kier alpha value is -3.21. The molecule has 25 heavy (non-hydrogen) atoms. The fourth-order valence-corrected chi connectivity index (χ4v) is 3.49. The van der Waals surface area contributed by atoms with E-state index in [-0.39, 0.29) is 5.78 Å². The second kappa shape index (κ2) is 5.41. The zero-order chi connectivity index (χ0) is 16.8. The molecule has 0 saturated carbocycles. The van der Waals surface area contributed by atoms with Crippen LogP contribution in [0.4, 0.5) is 0 Å². The van der Waals surface area contributed by atoms with E-state index in [4.69, 9.17) is 0 Å². The molecule has 3 aliphatic heterocycles. The van der Waals surface area contributed by atoms with Gasteiger partial charge in [0.25, 0.3) is 0 Å². The van der Waals surface area contributed by atoms with Crippen molar-refractivity contribution in [2.24, 2.45) is 0 Å². The van der Waals surface area contributed by atoms with Crippen LogP contribution >= 0.6 is 0 Å². The van der Waals surface area contributed by atoms with E-state index >= 15 is 0 Å². The van der Waals surface area contributed by atoms with E-state index in [0.29, 0.717) is 12.1 Å². The first-order chi connectivity index (χ1) is 12.2. The molecule has 0 aromatic carbocycles. The lowest BCUT2D eigenvalue weighted by atomic mass is 10.2. The molecule has 0 atom stereocenters. The maximum absolute atomic E-state index is 12.3. The Balaban J connectivity index is 1.62. The number of allylic oxidation sites excluding steroid dienone is 4. The number of rotatable bonds is 0. The Labute approximate surface area is 145 Å². The Bertz CT molecular complexity index is 997. The highest BCUT2D eigenvalue weighted by Crippen LogP contribution is 2.25. The van der Waals surface area contributed by atoms with Gasteiger partial charge in [0, 0.05) is 39.9 Å². The van der Waals surface area contributed by atoms with Crippen LogP contribution in [0.2, 0.25) is 0 Å². The predicted octanol–water partition coefficient (Wildman–Crippen LogP) is 3.37. The zero-order valence-electron chi connectivity index (χ0n) is 13.6. The molecule has 0 spiro atoms. The maximum atomic E-state index is 12.3. The van der Waals surface area contributed by atoms with Crippen LogP contribution < -0.4 is 10.6 Å². The van der Waals surface area contributed by atoms with Crippen molar-refractivity contribution in [2.75, 3.05) is 0 Å². The Morgan fingerprint density at radius 1 is 0.640 bits per heavy atom. The Kier molecular flexibility index (Phi) is 3.06. The van der Waals surface area contributed by atoms with E-state index < -0.39 is 0 Å². The first-order valence-corrected chi connectivity index (χ1v) is 8.50.